The molecule has 0 aliphatic carbocycles. The van der Waals surface area contributed by atoms with Crippen molar-refractivity contribution in [3.63, 3.8) is 0 Å². The Morgan fingerprint density at radius 3 is 2.25 bits per heavy atom. The Morgan fingerprint density at radius 2 is 1.52 bits per heavy atom. The predicted octanol–water partition coefficient (Wildman–Crippen LogP) is 13.3. The summed E-state index contributed by atoms with van der Waals surface area (Å²) in [6.45, 7) is 17.5. The van der Waals surface area contributed by atoms with Gasteiger partial charge in [0.1, 0.15) is 24.4 Å². The van der Waals surface area contributed by atoms with Crippen LogP contribution in [0.5, 0.6) is 0 Å². The van der Waals surface area contributed by atoms with E-state index in [2.05, 4.69) is 46.4 Å². The number of hydrogen-bond donors (Lipinski definition) is 4. The molecular weight excluding hydrogens is 1070 g/mol. The molecule has 7 aliphatic rings. The second-order valence-corrected chi connectivity index (χ2v) is 26.8. The number of hydrogen-bond acceptors (Lipinski definition) is 15. The molecular formula is C69H112O15. The molecule has 6 saturated heterocycles. The molecule has 0 unspecified atom stereocenters. The highest BCUT2D eigenvalue weighted by atomic mass is 16.7. The summed E-state index contributed by atoms with van der Waals surface area (Å²) >= 11 is 0. The molecule has 7 heterocycles. The number of aliphatic hydroxyl groups excluding tert-OH is 3. The number of aliphatic hydroxyl groups is 4. The zero-order chi connectivity index (χ0) is 60.2. The van der Waals surface area contributed by atoms with Crippen LogP contribution in [0.1, 0.15) is 247 Å². The summed E-state index contributed by atoms with van der Waals surface area (Å²) in [7, 11) is 0. The fourth-order valence-electron chi connectivity index (χ4n) is 14.1. The standard InChI is InChI=1S/C69H112O15/c1-8-9-10-11-12-13-14-15-16-17-19-22-25-30-60(72)76-42-27-23-20-18-21-24-28-43-77-65(74)66(7,75)48-55-33-34-59(71)69(81-55)47-49(2)45-58(82-69)50(3)31-32-54-36-40-68(80-54)41-37-57-64(84-68)61(73)53(6)63(79-57)56(70)46-52(5)62-51(4)35-39-67(83-62)38-26-29-44-78-67/h21,24,28,31-32,43,47,50-52,54-59,61-64,70-71,73,75H,6,8-20,22-23,25-27,29-30,33-42,44-46,48H2,1-5,7H3/b24-21+,32-31+,43-28+/t50-,51-,52+,54+,55+,56+,57-,58+,59-,61-,62+,63+,64-,66-,67+,68-,69-/m1/s1. The number of allylic oxidation sites excluding steroid dienone is 3. The van der Waals surface area contributed by atoms with E-state index < -0.39 is 71.7 Å². The topological polar surface area (TPSA) is 198 Å². The largest absolute Gasteiger partial charge is 0.466 e. The molecule has 6 fully saturated rings. The normalized spacial score (nSPS) is 34.7. The number of carbonyl (C=O) groups is 2. The van der Waals surface area contributed by atoms with E-state index in [0.29, 0.717) is 69.5 Å². The first-order valence-corrected chi connectivity index (χ1v) is 33.5. The van der Waals surface area contributed by atoms with Gasteiger partial charge >= 0.3 is 11.9 Å². The predicted molar refractivity (Wildman–Crippen MR) is 324 cm³/mol. The first-order chi connectivity index (χ1) is 40.4. The van der Waals surface area contributed by atoms with Gasteiger partial charge in [-0.05, 0) is 133 Å². The molecule has 0 aromatic heterocycles. The quantitative estimate of drug-likeness (QED) is 0.0163. The lowest BCUT2D eigenvalue weighted by Gasteiger charge is -2.50. The molecule has 0 amide bonds. The zero-order valence-electron chi connectivity index (χ0n) is 52.6. The van der Waals surface area contributed by atoms with Crippen molar-refractivity contribution in [1.82, 2.24) is 0 Å². The number of esters is 2. The molecule has 0 saturated carbocycles. The molecule has 0 bridgehead atoms. The third-order valence-corrected chi connectivity index (χ3v) is 19.2. The molecule has 4 N–H and O–H groups in total. The van der Waals surface area contributed by atoms with Gasteiger partial charge in [0, 0.05) is 44.4 Å². The van der Waals surface area contributed by atoms with E-state index >= 15 is 0 Å². The summed E-state index contributed by atoms with van der Waals surface area (Å²) in [5.41, 5.74) is -0.441. The van der Waals surface area contributed by atoms with Crippen LogP contribution in [0.25, 0.3) is 0 Å². The average molecular weight is 1180 g/mol. The van der Waals surface area contributed by atoms with Crippen molar-refractivity contribution in [3.05, 3.63) is 60.4 Å². The number of fused-ring (bicyclic) bond motifs is 1. The van der Waals surface area contributed by atoms with Gasteiger partial charge in [-0.1, -0.05) is 141 Å². The highest BCUT2D eigenvalue weighted by Crippen LogP contribution is 2.48. The summed E-state index contributed by atoms with van der Waals surface area (Å²) < 4.78 is 56.7. The molecule has 84 heavy (non-hydrogen) atoms. The summed E-state index contributed by atoms with van der Waals surface area (Å²) in [5.74, 6) is -3.47. The summed E-state index contributed by atoms with van der Waals surface area (Å²) in [5, 5.41) is 46.1. The second kappa shape index (κ2) is 33.7. The van der Waals surface area contributed by atoms with Gasteiger partial charge in [-0.2, -0.15) is 0 Å². The van der Waals surface area contributed by atoms with E-state index in [4.69, 9.17) is 42.6 Å². The molecule has 0 aromatic rings. The van der Waals surface area contributed by atoms with Crippen molar-refractivity contribution in [2.24, 2.45) is 17.8 Å². The summed E-state index contributed by atoms with van der Waals surface area (Å²) in [6, 6.07) is 0. The Balaban J connectivity index is 0.765. The van der Waals surface area contributed by atoms with Gasteiger partial charge in [0.05, 0.1) is 56.1 Å². The maximum absolute atomic E-state index is 13.1. The third kappa shape index (κ3) is 20.1. The molecule has 17 atom stereocenters. The second-order valence-electron chi connectivity index (χ2n) is 26.8. The van der Waals surface area contributed by atoms with E-state index in [0.717, 1.165) is 89.2 Å². The fraction of sp³-hybridized carbons (Fsp3) is 0.826. The van der Waals surface area contributed by atoms with Crippen molar-refractivity contribution in [1.29, 1.82) is 0 Å². The molecule has 0 aromatic carbocycles. The monoisotopic (exact) mass is 1180 g/mol. The van der Waals surface area contributed by atoms with Gasteiger partial charge in [-0.3, -0.25) is 4.79 Å². The maximum Gasteiger partial charge on any atom is 0.342 e. The highest BCUT2D eigenvalue weighted by molar-refractivity contribution is 5.79. The molecule has 478 valence electrons. The summed E-state index contributed by atoms with van der Waals surface area (Å²) in [6.07, 6.45) is 36.8. The first kappa shape index (κ1) is 68.7. The van der Waals surface area contributed by atoms with Crippen molar-refractivity contribution < 1.29 is 72.6 Å². The lowest BCUT2D eigenvalue weighted by molar-refractivity contribution is -0.321. The van der Waals surface area contributed by atoms with E-state index in [-0.39, 0.29) is 42.5 Å². The van der Waals surface area contributed by atoms with Crippen LogP contribution in [-0.4, -0.2) is 130 Å². The van der Waals surface area contributed by atoms with Crippen molar-refractivity contribution in [2.45, 2.75) is 331 Å². The minimum absolute atomic E-state index is 0.0415. The van der Waals surface area contributed by atoms with Gasteiger partial charge in [-0.15, -0.1) is 0 Å². The SMILES string of the molecule is C=C1[C@@H](O)[C@@H]2O[C@]3(CC[C@H](/C=C/[C@@H](C)[C@@H]4CC(C)=C[C@@]5(O[C@H](C[C@@](C)(O)C(=O)O/C=C/C=C/CCCCCOC(=O)CCCCCCCCCCCCCCC)CC[C@H]5O)O4)O3)CC[C@H]2O[C@@H]1[C@@H](O)C[C@H](C)[C@H]1O[C@@]2(CCCCO2)CC[C@H]1C. The smallest absolute Gasteiger partial charge is 0.342 e. The Morgan fingerprint density at radius 1 is 0.821 bits per heavy atom. The van der Waals surface area contributed by atoms with E-state index in [1.54, 1.807) is 12.2 Å². The number of ether oxygens (including phenoxy) is 9. The van der Waals surface area contributed by atoms with Crippen molar-refractivity contribution in [3.8, 4) is 0 Å². The van der Waals surface area contributed by atoms with E-state index in [1.807, 2.05) is 19.1 Å². The Bertz CT molecular complexity index is 2130. The van der Waals surface area contributed by atoms with E-state index in [1.165, 1.54) is 83.8 Å². The van der Waals surface area contributed by atoms with Crippen LogP contribution in [0.2, 0.25) is 0 Å². The third-order valence-electron chi connectivity index (χ3n) is 19.2. The van der Waals surface area contributed by atoms with Crippen LogP contribution in [0, 0.1) is 17.8 Å². The minimum Gasteiger partial charge on any atom is -0.466 e. The van der Waals surface area contributed by atoms with Gasteiger partial charge in [0.2, 0.25) is 5.79 Å². The molecule has 3 spiro atoms. The lowest BCUT2D eigenvalue weighted by atomic mass is 9.79. The first-order valence-electron chi connectivity index (χ1n) is 33.5. The van der Waals surface area contributed by atoms with Crippen LogP contribution in [-0.2, 0) is 52.2 Å². The lowest BCUT2D eigenvalue weighted by Crippen LogP contribution is -2.60. The van der Waals surface area contributed by atoms with Crippen molar-refractivity contribution in [2.75, 3.05) is 13.2 Å². The highest BCUT2D eigenvalue weighted by Gasteiger charge is 2.55. The average Bonchev–Trinajstić information content (AvgIpc) is 1.95. The number of rotatable bonds is 32. The fourth-order valence-corrected chi connectivity index (χ4v) is 14.1. The Hall–Kier alpha value is -2.80. The van der Waals surface area contributed by atoms with Crippen LogP contribution in [0.15, 0.2) is 60.4 Å². The zero-order valence-corrected chi connectivity index (χ0v) is 52.6. The molecule has 15 heteroatoms. The van der Waals surface area contributed by atoms with E-state index in [9.17, 15) is 30.0 Å². The van der Waals surface area contributed by atoms with Crippen LogP contribution in [0.4, 0.5) is 0 Å². The Kier molecular flexibility index (Phi) is 27.5. The molecule has 0 radical (unpaired) electrons. The van der Waals surface area contributed by atoms with Gasteiger partial charge < -0.3 is 63.1 Å². The van der Waals surface area contributed by atoms with Gasteiger partial charge in [0.15, 0.2) is 17.2 Å². The van der Waals surface area contributed by atoms with Crippen LogP contribution in [0.3, 0.4) is 0 Å². The number of carbonyl (C=O) groups excluding carboxylic acids is 2. The van der Waals surface area contributed by atoms with Gasteiger partial charge in [0.25, 0.3) is 0 Å². The number of unbranched alkanes of at least 4 members (excludes halogenated alkanes) is 15. The summed E-state index contributed by atoms with van der Waals surface area (Å²) in [4.78, 5) is 25.3. The van der Waals surface area contributed by atoms with Crippen molar-refractivity contribution >= 4 is 11.9 Å². The van der Waals surface area contributed by atoms with Gasteiger partial charge in [-0.25, -0.2) is 4.79 Å². The molecule has 7 rings (SSSR count). The maximum atomic E-state index is 13.1. The van der Waals surface area contributed by atoms with Crippen LogP contribution >= 0.6 is 0 Å². The Labute approximate surface area is 505 Å². The minimum atomic E-state index is -1.86. The molecule has 7 aliphatic heterocycles. The molecule has 15 nitrogen and oxygen atoms in total. The van der Waals surface area contributed by atoms with Crippen LogP contribution < -0.4 is 0 Å².